The van der Waals surface area contributed by atoms with Crippen LogP contribution in [0.15, 0.2) is 78.9 Å². The number of esters is 1. The number of fused-ring (bicyclic) bond motifs is 1. The Balaban J connectivity index is 1.61. The van der Waals surface area contributed by atoms with E-state index in [2.05, 4.69) is 11.8 Å². The third-order valence-electron chi connectivity index (χ3n) is 4.91. The Hall–Kier alpha value is -3.97. The minimum atomic E-state index is -0.392. The number of carbonyl (C=O) groups excluding carboxylic acids is 1. The van der Waals surface area contributed by atoms with E-state index in [0.717, 1.165) is 33.8 Å². The summed E-state index contributed by atoms with van der Waals surface area (Å²) in [5, 5.41) is 0. The molecular weight excluding hydrogens is 388 g/mol. The zero-order chi connectivity index (χ0) is 21.6. The Labute approximate surface area is 182 Å². The number of carbonyl (C=O) groups is 1. The normalized spacial score (nSPS) is 14.3. The topological polar surface area (TPSA) is 44.8 Å². The molecule has 0 N–H and O–H groups in total. The molecule has 0 aliphatic carbocycles. The molecule has 0 amide bonds. The van der Waals surface area contributed by atoms with Crippen molar-refractivity contribution in [1.29, 1.82) is 0 Å². The van der Waals surface area contributed by atoms with Crippen LogP contribution < -0.4 is 9.47 Å². The predicted octanol–water partition coefficient (Wildman–Crippen LogP) is 5.12. The van der Waals surface area contributed by atoms with Crippen LogP contribution in [0.25, 0.3) is 5.57 Å². The Morgan fingerprint density at radius 3 is 2.45 bits per heavy atom. The summed E-state index contributed by atoms with van der Waals surface area (Å²) in [5.74, 6) is 7.61. The fraction of sp³-hybridized carbons (Fsp3) is 0.148. The standard InChI is InChI=1S/C27H22O4/c1-3-30-27(28)21-11-8-19(9-12-21)10-15-23-18-25(20-13-16-22(29-2)17-14-20)24-6-4-5-7-26(24)31-23/h4-9,11-14,16-18,23H,3H2,1-2H3/t23-/m1/s1. The van der Waals surface area contributed by atoms with Gasteiger partial charge in [-0.05, 0) is 72.5 Å². The van der Waals surface area contributed by atoms with Gasteiger partial charge in [-0.1, -0.05) is 36.3 Å². The minimum absolute atomic E-state index is 0.332. The SMILES string of the molecule is CCOC(=O)c1ccc(C#C[C@@H]2C=C(c3ccc(OC)cc3)c3ccccc3O2)cc1. The molecule has 0 saturated carbocycles. The van der Waals surface area contributed by atoms with Crippen molar-refractivity contribution in [2.45, 2.75) is 13.0 Å². The molecule has 4 rings (SSSR count). The van der Waals surface area contributed by atoms with Gasteiger partial charge >= 0.3 is 5.97 Å². The first kappa shape index (κ1) is 20.3. The van der Waals surface area contributed by atoms with E-state index in [-0.39, 0.29) is 5.97 Å². The molecule has 154 valence electrons. The van der Waals surface area contributed by atoms with Gasteiger partial charge in [-0.2, -0.15) is 0 Å². The van der Waals surface area contributed by atoms with Crippen LogP contribution >= 0.6 is 0 Å². The number of hydrogen-bond donors (Lipinski definition) is 0. The molecule has 0 fully saturated rings. The molecule has 0 saturated heterocycles. The van der Waals surface area contributed by atoms with Crippen LogP contribution in [0.3, 0.4) is 0 Å². The number of methoxy groups -OCH3 is 1. The lowest BCUT2D eigenvalue weighted by molar-refractivity contribution is 0.0526. The molecule has 1 aliphatic rings. The summed E-state index contributed by atoms with van der Waals surface area (Å²) in [7, 11) is 1.66. The third kappa shape index (κ3) is 4.62. The summed E-state index contributed by atoms with van der Waals surface area (Å²) in [6.45, 7) is 2.14. The van der Waals surface area contributed by atoms with Crippen LogP contribution in [0.1, 0.15) is 34.0 Å². The van der Waals surface area contributed by atoms with Gasteiger partial charge in [0.15, 0.2) is 6.10 Å². The van der Waals surface area contributed by atoms with Gasteiger partial charge in [0.2, 0.25) is 0 Å². The molecule has 1 heterocycles. The van der Waals surface area contributed by atoms with Crippen molar-refractivity contribution in [2.75, 3.05) is 13.7 Å². The van der Waals surface area contributed by atoms with Crippen molar-refractivity contribution < 1.29 is 19.0 Å². The van der Waals surface area contributed by atoms with Gasteiger partial charge in [-0.3, -0.25) is 0 Å². The molecule has 0 radical (unpaired) electrons. The first-order valence-corrected chi connectivity index (χ1v) is 10.1. The van der Waals surface area contributed by atoms with Crippen molar-refractivity contribution >= 4 is 11.5 Å². The van der Waals surface area contributed by atoms with E-state index in [9.17, 15) is 4.79 Å². The molecule has 0 aromatic heterocycles. The molecule has 4 heteroatoms. The summed E-state index contributed by atoms with van der Waals surface area (Å²) in [6.07, 6.45) is 1.64. The first-order valence-electron chi connectivity index (χ1n) is 10.1. The molecule has 31 heavy (non-hydrogen) atoms. The number of para-hydroxylation sites is 1. The second-order valence-electron chi connectivity index (χ2n) is 6.91. The van der Waals surface area contributed by atoms with Crippen LogP contribution in [0.4, 0.5) is 0 Å². The van der Waals surface area contributed by atoms with E-state index in [1.165, 1.54) is 0 Å². The van der Waals surface area contributed by atoms with Gasteiger partial charge in [0.05, 0.1) is 19.3 Å². The highest BCUT2D eigenvalue weighted by Gasteiger charge is 2.20. The average Bonchev–Trinajstić information content (AvgIpc) is 2.83. The molecule has 0 spiro atoms. The first-order chi connectivity index (χ1) is 15.2. The zero-order valence-corrected chi connectivity index (χ0v) is 17.4. The van der Waals surface area contributed by atoms with E-state index < -0.39 is 6.10 Å². The molecule has 0 unspecified atom stereocenters. The number of ether oxygens (including phenoxy) is 3. The van der Waals surface area contributed by atoms with Gasteiger partial charge in [0.1, 0.15) is 11.5 Å². The Morgan fingerprint density at radius 2 is 1.74 bits per heavy atom. The van der Waals surface area contributed by atoms with Crippen LogP contribution in [0.2, 0.25) is 0 Å². The monoisotopic (exact) mass is 410 g/mol. The van der Waals surface area contributed by atoms with E-state index in [0.29, 0.717) is 12.2 Å². The maximum Gasteiger partial charge on any atom is 0.338 e. The molecular formula is C27H22O4. The molecule has 1 aliphatic heterocycles. The lowest BCUT2D eigenvalue weighted by Gasteiger charge is -2.23. The number of hydrogen-bond acceptors (Lipinski definition) is 4. The summed E-state index contributed by atoms with van der Waals surface area (Å²) >= 11 is 0. The summed E-state index contributed by atoms with van der Waals surface area (Å²) in [5.41, 5.74) is 4.49. The zero-order valence-electron chi connectivity index (χ0n) is 17.4. The highest BCUT2D eigenvalue weighted by atomic mass is 16.5. The quantitative estimate of drug-likeness (QED) is 0.443. The Bertz CT molecular complexity index is 1160. The van der Waals surface area contributed by atoms with Crippen LogP contribution in [0.5, 0.6) is 11.5 Å². The van der Waals surface area contributed by atoms with Gasteiger partial charge in [-0.15, -0.1) is 0 Å². The Morgan fingerprint density at radius 1 is 1.00 bits per heavy atom. The van der Waals surface area contributed by atoms with Gasteiger partial charge in [0.25, 0.3) is 0 Å². The van der Waals surface area contributed by atoms with E-state index in [1.807, 2.05) is 66.7 Å². The van der Waals surface area contributed by atoms with Crippen LogP contribution in [0, 0.1) is 11.8 Å². The van der Waals surface area contributed by atoms with Crippen LogP contribution in [-0.2, 0) is 4.74 Å². The van der Waals surface area contributed by atoms with Crippen molar-refractivity contribution in [2.24, 2.45) is 0 Å². The maximum atomic E-state index is 11.8. The second-order valence-corrected chi connectivity index (χ2v) is 6.91. The third-order valence-corrected chi connectivity index (χ3v) is 4.91. The number of benzene rings is 3. The van der Waals surface area contributed by atoms with Gasteiger partial charge in [-0.25, -0.2) is 4.79 Å². The number of rotatable bonds is 4. The molecule has 1 atom stereocenters. The minimum Gasteiger partial charge on any atom is -0.497 e. The van der Waals surface area contributed by atoms with Gasteiger partial charge < -0.3 is 14.2 Å². The molecule has 3 aromatic rings. The summed E-state index contributed by atoms with van der Waals surface area (Å²) in [4.78, 5) is 11.8. The van der Waals surface area contributed by atoms with E-state index in [1.54, 1.807) is 26.2 Å². The fourth-order valence-corrected chi connectivity index (χ4v) is 3.36. The highest BCUT2D eigenvalue weighted by molar-refractivity contribution is 5.89. The summed E-state index contributed by atoms with van der Waals surface area (Å²) < 4.78 is 16.4. The molecule has 4 nitrogen and oxygen atoms in total. The van der Waals surface area contributed by atoms with Crippen molar-refractivity contribution in [3.8, 4) is 23.3 Å². The largest absolute Gasteiger partial charge is 0.497 e. The van der Waals surface area contributed by atoms with E-state index >= 15 is 0 Å². The predicted molar refractivity (Wildman–Crippen MR) is 120 cm³/mol. The summed E-state index contributed by atoms with van der Waals surface area (Å²) in [6, 6.07) is 23.0. The van der Waals surface area contributed by atoms with Crippen molar-refractivity contribution in [3.63, 3.8) is 0 Å². The van der Waals surface area contributed by atoms with Crippen molar-refractivity contribution in [3.05, 3.63) is 101 Å². The molecule has 3 aromatic carbocycles. The van der Waals surface area contributed by atoms with Crippen LogP contribution in [-0.4, -0.2) is 25.8 Å². The smallest absolute Gasteiger partial charge is 0.338 e. The van der Waals surface area contributed by atoms with Crippen molar-refractivity contribution in [1.82, 2.24) is 0 Å². The van der Waals surface area contributed by atoms with E-state index in [4.69, 9.17) is 14.2 Å². The average molecular weight is 410 g/mol. The lowest BCUT2D eigenvalue weighted by atomic mass is 9.93. The lowest BCUT2D eigenvalue weighted by Crippen LogP contribution is -2.17. The fourth-order valence-electron chi connectivity index (χ4n) is 3.36. The highest BCUT2D eigenvalue weighted by Crippen LogP contribution is 2.36. The Kier molecular flexibility index (Phi) is 6.05. The second kappa shape index (κ2) is 9.23. The van der Waals surface area contributed by atoms with Gasteiger partial charge in [0, 0.05) is 11.1 Å². The maximum absolute atomic E-state index is 11.8. The molecule has 0 bridgehead atoms.